The molecule has 4 rings (SSSR count). The van der Waals surface area contributed by atoms with Crippen molar-refractivity contribution in [3.05, 3.63) is 65.8 Å². The van der Waals surface area contributed by atoms with Crippen LogP contribution in [0.4, 0.5) is 0 Å². The van der Waals surface area contributed by atoms with Crippen molar-refractivity contribution in [2.75, 3.05) is 24.6 Å². The predicted octanol–water partition coefficient (Wildman–Crippen LogP) is 2.64. The molecule has 1 fully saturated rings. The molecular weight excluding hydrogens is 358 g/mol. The quantitative estimate of drug-likeness (QED) is 0.764. The maximum Gasteiger partial charge on any atom is 0.196 e. The molecule has 3 aromatic rings. The Morgan fingerprint density at radius 1 is 1.04 bits per heavy atom. The van der Waals surface area contributed by atoms with Crippen molar-refractivity contribution >= 4 is 32.3 Å². The van der Waals surface area contributed by atoms with Gasteiger partial charge in [-0.15, -0.1) is 0 Å². The molecule has 0 radical (unpaired) electrons. The van der Waals surface area contributed by atoms with Crippen molar-refractivity contribution < 1.29 is 8.42 Å². The minimum Gasteiger partial charge on any atom is -0.309 e. The summed E-state index contributed by atoms with van der Waals surface area (Å²) in [5, 5.41) is 6.20. The highest BCUT2D eigenvalue weighted by atomic mass is 35.5. The van der Waals surface area contributed by atoms with E-state index in [4.69, 9.17) is 11.6 Å². The molecule has 130 valence electrons. The first kappa shape index (κ1) is 16.4. The van der Waals surface area contributed by atoms with Gasteiger partial charge in [-0.1, -0.05) is 29.8 Å². The van der Waals surface area contributed by atoms with Crippen LogP contribution in [-0.2, 0) is 9.84 Å². The van der Waals surface area contributed by atoms with Crippen molar-refractivity contribution in [3.63, 3.8) is 0 Å². The summed E-state index contributed by atoms with van der Waals surface area (Å²) in [6.45, 7) is 1.72. The third kappa shape index (κ3) is 3.01. The lowest BCUT2D eigenvalue weighted by Gasteiger charge is -2.35. The van der Waals surface area contributed by atoms with E-state index in [1.165, 1.54) is 0 Å². The highest BCUT2D eigenvalue weighted by molar-refractivity contribution is 7.92. The second kappa shape index (κ2) is 6.37. The number of benzene rings is 2. The SMILES string of the molecule is O=S(=O)(c1ccc(Cl)cc1)[C@H]1CN(n2ccc3ccccc32)CCN1. The number of nitrogens with one attached hydrogen (secondary N) is 1. The minimum absolute atomic E-state index is 0.286. The Hall–Kier alpha value is -2.02. The minimum atomic E-state index is -3.48. The van der Waals surface area contributed by atoms with Crippen molar-refractivity contribution in [1.82, 2.24) is 9.99 Å². The molecule has 25 heavy (non-hydrogen) atoms. The number of piperazine rings is 1. The lowest BCUT2D eigenvalue weighted by Crippen LogP contribution is -2.57. The molecule has 1 atom stereocenters. The number of rotatable bonds is 3. The number of nitrogens with zero attached hydrogens (tertiary/aromatic N) is 2. The van der Waals surface area contributed by atoms with Gasteiger partial charge in [-0.2, -0.15) is 0 Å². The van der Waals surface area contributed by atoms with Gasteiger partial charge >= 0.3 is 0 Å². The molecule has 1 aliphatic rings. The molecule has 7 heteroatoms. The second-order valence-corrected chi connectivity index (χ2v) is 8.64. The molecule has 0 saturated carbocycles. The molecular formula is C18H18ClN3O2S. The van der Waals surface area contributed by atoms with E-state index in [9.17, 15) is 8.42 Å². The Labute approximate surface area is 151 Å². The summed E-state index contributed by atoms with van der Waals surface area (Å²) in [6.07, 6.45) is 1.99. The first-order valence-electron chi connectivity index (χ1n) is 8.10. The van der Waals surface area contributed by atoms with Gasteiger partial charge in [0.1, 0.15) is 5.37 Å². The largest absolute Gasteiger partial charge is 0.309 e. The second-order valence-electron chi connectivity index (χ2n) is 6.07. The van der Waals surface area contributed by atoms with Crippen LogP contribution in [0.15, 0.2) is 65.7 Å². The summed E-state index contributed by atoms with van der Waals surface area (Å²) in [5.41, 5.74) is 1.08. The molecule has 0 amide bonds. The average Bonchev–Trinajstić information content (AvgIpc) is 3.06. The summed E-state index contributed by atoms with van der Waals surface area (Å²) >= 11 is 5.87. The van der Waals surface area contributed by atoms with Gasteiger partial charge in [-0.05, 0) is 36.4 Å². The summed E-state index contributed by atoms with van der Waals surface area (Å²) in [4.78, 5) is 0.286. The van der Waals surface area contributed by atoms with Crippen LogP contribution in [0, 0.1) is 0 Å². The van der Waals surface area contributed by atoms with Gasteiger partial charge in [-0.25, -0.2) is 8.42 Å². The van der Waals surface area contributed by atoms with Crippen LogP contribution in [0.1, 0.15) is 0 Å². The molecule has 0 spiro atoms. The lowest BCUT2D eigenvalue weighted by molar-refractivity contribution is 0.456. The van der Waals surface area contributed by atoms with Crippen molar-refractivity contribution in [1.29, 1.82) is 0 Å². The van der Waals surface area contributed by atoms with Crippen LogP contribution in [0.5, 0.6) is 0 Å². The Balaban J connectivity index is 1.63. The fraction of sp³-hybridized carbons (Fsp3) is 0.222. The highest BCUT2D eigenvalue weighted by Crippen LogP contribution is 2.21. The first-order valence-corrected chi connectivity index (χ1v) is 10.0. The van der Waals surface area contributed by atoms with Gasteiger partial charge in [0, 0.05) is 29.7 Å². The molecule has 5 nitrogen and oxygen atoms in total. The Kier molecular flexibility index (Phi) is 4.19. The van der Waals surface area contributed by atoms with E-state index >= 15 is 0 Å². The zero-order valence-electron chi connectivity index (χ0n) is 13.5. The number of hydrogen-bond donors (Lipinski definition) is 1. The number of fused-ring (bicyclic) bond motifs is 1. The maximum absolute atomic E-state index is 12.9. The number of aromatic nitrogens is 1. The van der Waals surface area contributed by atoms with E-state index in [0.717, 1.165) is 17.4 Å². The average molecular weight is 376 g/mol. The number of sulfone groups is 1. The fourth-order valence-corrected chi connectivity index (χ4v) is 4.88. The molecule has 0 aliphatic carbocycles. The zero-order valence-corrected chi connectivity index (χ0v) is 15.0. The van der Waals surface area contributed by atoms with Crippen LogP contribution in [0.3, 0.4) is 0 Å². The van der Waals surface area contributed by atoms with E-state index in [1.807, 2.05) is 35.1 Å². The molecule has 0 unspecified atom stereocenters. The van der Waals surface area contributed by atoms with Crippen LogP contribution >= 0.6 is 11.6 Å². The number of hydrogen-bond acceptors (Lipinski definition) is 4. The van der Waals surface area contributed by atoms with E-state index in [-0.39, 0.29) is 4.90 Å². The van der Waals surface area contributed by atoms with Gasteiger partial charge in [0.2, 0.25) is 0 Å². The Morgan fingerprint density at radius 3 is 2.60 bits per heavy atom. The van der Waals surface area contributed by atoms with Gasteiger partial charge < -0.3 is 5.01 Å². The first-order chi connectivity index (χ1) is 12.1. The third-order valence-electron chi connectivity index (χ3n) is 4.52. The monoisotopic (exact) mass is 375 g/mol. The molecule has 1 aliphatic heterocycles. The molecule has 1 aromatic heterocycles. The van der Waals surface area contributed by atoms with Gasteiger partial charge in [0.25, 0.3) is 0 Å². The van der Waals surface area contributed by atoms with Crippen LogP contribution in [0.2, 0.25) is 5.02 Å². The Bertz CT molecular complexity index is 999. The van der Waals surface area contributed by atoms with Crippen LogP contribution < -0.4 is 10.3 Å². The standard InChI is InChI=1S/C18H18ClN3O2S/c19-15-5-7-16(8-6-15)25(23,24)18-13-21(12-10-20-18)22-11-9-14-3-1-2-4-17(14)22/h1-9,11,18,20H,10,12-13H2/t18-/m0/s1. The van der Waals surface area contributed by atoms with E-state index in [2.05, 4.69) is 16.4 Å². The van der Waals surface area contributed by atoms with E-state index in [1.54, 1.807) is 24.3 Å². The molecule has 2 aromatic carbocycles. The molecule has 0 bridgehead atoms. The predicted molar refractivity (Wildman–Crippen MR) is 100 cm³/mol. The third-order valence-corrected chi connectivity index (χ3v) is 6.76. The number of halogens is 1. The summed E-state index contributed by atoms with van der Waals surface area (Å²) < 4.78 is 27.9. The fourth-order valence-electron chi connectivity index (χ4n) is 3.21. The maximum atomic E-state index is 12.9. The molecule has 1 N–H and O–H groups in total. The smallest absolute Gasteiger partial charge is 0.196 e. The van der Waals surface area contributed by atoms with Crippen molar-refractivity contribution in [3.8, 4) is 0 Å². The highest BCUT2D eigenvalue weighted by Gasteiger charge is 2.32. The van der Waals surface area contributed by atoms with E-state index in [0.29, 0.717) is 18.1 Å². The summed E-state index contributed by atoms with van der Waals surface area (Å²) in [5.74, 6) is 0. The molecule has 2 heterocycles. The van der Waals surface area contributed by atoms with Crippen LogP contribution in [0.25, 0.3) is 10.9 Å². The van der Waals surface area contributed by atoms with Crippen LogP contribution in [-0.4, -0.2) is 38.1 Å². The van der Waals surface area contributed by atoms with Crippen molar-refractivity contribution in [2.45, 2.75) is 10.3 Å². The topological polar surface area (TPSA) is 54.3 Å². The summed E-state index contributed by atoms with van der Waals surface area (Å²) in [7, 11) is -3.48. The number of para-hydroxylation sites is 1. The normalized spacial score (nSPS) is 18.6. The van der Waals surface area contributed by atoms with Crippen molar-refractivity contribution in [2.24, 2.45) is 0 Å². The van der Waals surface area contributed by atoms with E-state index < -0.39 is 15.2 Å². The van der Waals surface area contributed by atoms with Gasteiger partial charge in [0.05, 0.1) is 17.0 Å². The zero-order chi connectivity index (χ0) is 17.4. The van der Waals surface area contributed by atoms with Gasteiger partial charge in [-0.3, -0.25) is 9.99 Å². The lowest BCUT2D eigenvalue weighted by atomic mass is 10.2. The Morgan fingerprint density at radius 2 is 1.80 bits per heavy atom. The molecule has 1 saturated heterocycles. The summed E-state index contributed by atoms with van der Waals surface area (Å²) in [6, 6.07) is 16.5. The van der Waals surface area contributed by atoms with Gasteiger partial charge in [0.15, 0.2) is 9.84 Å².